The molecule has 0 amide bonds. The van der Waals surface area contributed by atoms with Crippen molar-refractivity contribution in [1.82, 2.24) is 5.32 Å². The number of ether oxygens (including phenoxy) is 1. The summed E-state index contributed by atoms with van der Waals surface area (Å²) in [5.74, 6) is 0. The van der Waals surface area contributed by atoms with Crippen LogP contribution in [0.4, 0.5) is 0 Å². The third-order valence-electron chi connectivity index (χ3n) is 2.64. The highest BCUT2D eigenvalue weighted by Crippen LogP contribution is 2.18. The highest BCUT2D eigenvalue weighted by Gasteiger charge is 2.08. The zero-order valence-corrected chi connectivity index (χ0v) is 12.0. The normalized spacial score (nSPS) is 12.7. The average molecular weight is 302 g/mol. The maximum absolute atomic E-state index is 8.95. The Morgan fingerprint density at radius 3 is 2.82 bits per heavy atom. The second-order valence-corrected chi connectivity index (χ2v) is 4.99. The molecule has 4 heteroatoms. The average Bonchev–Trinajstić information content (AvgIpc) is 2.28. The van der Waals surface area contributed by atoms with Crippen molar-refractivity contribution in [3.05, 3.63) is 33.8 Å². The summed E-state index contributed by atoms with van der Waals surface area (Å²) >= 11 is 3.55. The minimum Gasteiger partial charge on any atom is -0.396 e. The van der Waals surface area contributed by atoms with Crippen LogP contribution in [0.1, 0.15) is 17.5 Å². The molecular weight excluding hydrogens is 282 g/mol. The van der Waals surface area contributed by atoms with E-state index in [9.17, 15) is 0 Å². The fraction of sp³-hybridized carbons (Fsp3) is 0.538. The molecule has 0 saturated carbocycles. The summed E-state index contributed by atoms with van der Waals surface area (Å²) in [5, 5.41) is 12.3. The van der Waals surface area contributed by atoms with Crippen molar-refractivity contribution >= 4 is 15.9 Å². The maximum Gasteiger partial charge on any atom is 0.0616 e. The van der Waals surface area contributed by atoms with Gasteiger partial charge in [0, 0.05) is 30.8 Å². The lowest BCUT2D eigenvalue weighted by Crippen LogP contribution is -2.33. The summed E-state index contributed by atoms with van der Waals surface area (Å²) in [4.78, 5) is 0. The predicted molar refractivity (Wildman–Crippen MR) is 73.1 cm³/mol. The summed E-state index contributed by atoms with van der Waals surface area (Å²) in [6.45, 7) is 3.64. The fourth-order valence-electron chi connectivity index (χ4n) is 1.65. The lowest BCUT2D eigenvalue weighted by Gasteiger charge is -2.17. The highest BCUT2D eigenvalue weighted by molar-refractivity contribution is 9.10. The smallest absolute Gasteiger partial charge is 0.0616 e. The van der Waals surface area contributed by atoms with E-state index in [2.05, 4.69) is 46.4 Å². The first-order valence-corrected chi connectivity index (χ1v) is 6.55. The SMILES string of the molecule is COCC(CCO)NCc1ccc(C)cc1Br. The molecule has 0 aliphatic rings. The van der Waals surface area contributed by atoms with E-state index in [4.69, 9.17) is 9.84 Å². The Labute approximate surface area is 111 Å². The van der Waals surface area contributed by atoms with Gasteiger partial charge in [-0.05, 0) is 30.5 Å². The van der Waals surface area contributed by atoms with Gasteiger partial charge in [0.2, 0.25) is 0 Å². The van der Waals surface area contributed by atoms with Crippen LogP contribution in [0, 0.1) is 6.92 Å². The van der Waals surface area contributed by atoms with Crippen LogP contribution in [0.3, 0.4) is 0 Å². The Kier molecular flexibility index (Phi) is 6.73. The molecule has 0 spiro atoms. The number of aliphatic hydroxyl groups is 1. The third kappa shape index (κ3) is 5.17. The molecule has 1 aromatic rings. The van der Waals surface area contributed by atoms with Crippen molar-refractivity contribution in [3.63, 3.8) is 0 Å². The molecule has 0 fully saturated rings. The summed E-state index contributed by atoms with van der Waals surface area (Å²) in [6.07, 6.45) is 0.706. The molecule has 1 atom stereocenters. The van der Waals surface area contributed by atoms with E-state index < -0.39 is 0 Å². The van der Waals surface area contributed by atoms with E-state index in [0.717, 1.165) is 11.0 Å². The van der Waals surface area contributed by atoms with Crippen LogP contribution in [-0.4, -0.2) is 31.5 Å². The van der Waals surface area contributed by atoms with Crippen LogP contribution < -0.4 is 5.32 Å². The monoisotopic (exact) mass is 301 g/mol. The van der Waals surface area contributed by atoms with Crippen LogP contribution in [0.15, 0.2) is 22.7 Å². The topological polar surface area (TPSA) is 41.5 Å². The van der Waals surface area contributed by atoms with Crippen LogP contribution in [0.25, 0.3) is 0 Å². The molecule has 0 radical (unpaired) electrons. The van der Waals surface area contributed by atoms with Gasteiger partial charge in [-0.15, -0.1) is 0 Å². The van der Waals surface area contributed by atoms with Gasteiger partial charge in [0.25, 0.3) is 0 Å². The fourth-order valence-corrected chi connectivity index (χ4v) is 2.28. The molecule has 3 nitrogen and oxygen atoms in total. The van der Waals surface area contributed by atoms with Gasteiger partial charge in [-0.1, -0.05) is 28.1 Å². The maximum atomic E-state index is 8.95. The van der Waals surface area contributed by atoms with Gasteiger partial charge in [-0.3, -0.25) is 0 Å². The number of aryl methyl sites for hydroxylation is 1. The number of methoxy groups -OCH3 is 1. The molecule has 0 aromatic heterocycles. The minimum atomic E-state index is 0.177. The third-order valence-corrected chi connectivity index (χ3v) is 3.37. The molecule has 1 rings (SSSR count). The summed E-state index contributed by atoms with van der Waals surface area (Å²) in [6, 6.07) is 6.50. The molecule has 1 unspecified atom stereocenters. The van der Waals surface area contributed by atoms with Gasteiger partial charge < -0.3 is 15.2 Å². The number of nitrogens with one attached hydrogen (secondary N) is 1. The molecule has 1 aromatic carbocycles. The number of halogens is 1. The molecule has 0 aliphatic heterocycles. The number of benzene rings is 1. The Bertz CT molecular complexity index is 338. The number of rotatable bonds is 7. The van der Waals surface area contributed by atoms with E-state index in [1.54, 1.807) is 7.11 Å². The Morgan fingerprint density at radius 2 is 2.24 bits per heavy atom. The van der Waals surface area contributed by atoms with Crippen LogP contribution in [0.5, 0.6) is 0 Å². The van der Waals surface area contributed by atoms with Gasteiger partial charge in [-0.25, -0.2) is 0 Å². The first-order valence-electron chi connectivity index (χ1n) is 5.75. The quantitative estimate of drug-likeness (QED) is 0.812. The van der Waals surface area contributed by atoms with Crippen molar-refractivity contribution in [2.24, 2.45) is 0 Å². The first-order chi connectivity index (χ1) is 8.17. The number of aliphatic hydroxyl groups excluding tert-OH is 1. The lowest BCUT2D eigenvalue weighted by atomic mass is 10.1. The second-order valence-electron chi connectivity index (χ2n) is 4.14. The van der Waals surface area contributed by atoms with Gasteiger partial charge >= 0.3 is 0 Å². The highest BCUT2D eigenvalue weighted by atomic mass is 79.9. The molecule has 17 heavy (non-hydrogen) atoms. The van der Waals surface area contributed by atoms with Crippen molar-refractivity contribution in [3.8, 4) is 0 Å². The zero-order chi connectivity index (χ0) is 12.7. The minimum absolute atomic E-state index is 0.177. The van der Waals surface area contributed by atoms with Gasteiger partial charge in [-0.2, -0.15) is 0 Å². The standard InChI is InChI=1S/C13H20BrNO2/c1-10-3-4-11(13(14)7-10)8-15-12(5-6-16)9-17-2/h3-4,7,12,15-16H,5-6,8-9H2,1-2H3. The first kappa shape index (κ1) is 14.6. The van der Waals surface area contributed by atoms with Gasteiger partial charge in [0.15, 0.2) is 0 Å². The van der Waals surface area contributed by atoms with Gasteiger partial charge in [0.05, 0.1) is 6.61 Å². The molecular formula is C13H20BrNO2. The molecule has 0 bridgehead atoms. The van der Waals surface area contributed by atoms with Crippen molar-refractivity contribution in [1.29, 1.82) is 0 Å². The second kappa shape index (κ2) is 7.82. The summed E-state index contributed by atoms with van der Waals surface area (Å²) in [5.41, 5.74) is 2.46. The number of hydrogen-bond donors (Lipinski definition) is 2. The molecule has 96 valence electrons. The number of hydrogen-bond acceptors (Lipinski definition) is 3. The molecule has 2 N–H and O–H groups in total. The van der Waals surface area contributed by atoms with E-state index in [1.807, 2.05) is 0 Å². The molecule has 0 aliphatic carbocycles. The van der Waals surface area contributed by atoms with E-state index in [1.165, 1.54) is 11.1 Å². The van der Waals surface area contributed by atoms with E-state index in [-0.39, 0.29) is 12.6 Å². The summed E-state index contributed by atoms with van der Waals surface area (Å²) in [7, 11) is 1.67. The predicted octanol–water partition coefficient (Wildman–Crippen LogP) is 2.24. The Balaban J connectivity index is 2.52. The Morgan fingerprint density at radius 1 is 1.47 bits per heavy atom. The largest absolute Gasteiger partial charge is 0.396 e. The van der Waals surface area contributed by atoms with Crippen molar-refractivity contribution < 1.29 is 9.84 Å². The summed E-state index contributed by atoms with van der Waals surface area (Å²) < 4.78 is 6.22. The lowest BCUT2D eigenvalue weighted by molar-refractivity contribution is 0.148. The van der Waals surface area contributed by atoms with Crippen molar-refractivity contribution in [2.75, 3.05) is 20.3 Å². The van der Waals surface area contributed by atoms with Crippen LogP contribution >= 0.6 is 15.9 Å². The van der Waals surface area contributed by atoms with E-state index in [0.29, 0.717) is 13.0 Å². The molecule has 0 saturated heterocycles. The van der Waals surface area contributed by atoms with E-state index >= 15 is 0 Å². The zero-order valence-electron chi connectivity index (χ0n) is 10.4. The van der Waals surface area contributed by atoms with Gasteiger partial charge in [0.1, 0.15) is 0 Å². The van der Waals surface area contributed by atoms with Crippen molar-refractivity contribution in [2.45, 2.75) is 25.9 Å². The van der Waals surface area contributed by atoms with Crippen LogP contribution in [0.2, 0.25) is 0 Å². The van der Waals surface area contributed by atoms with Crippen LogP contribution in [-0.2, 0) is 11.3 Å². The Hall–Kier alpha value is -0.420. The molecule has 0 heterocycles.